The highest BCUT2D eigenvalue weighted by Gasteiger charge is 2.41. The van der Waals surface area contributed by atoms with Gasteiger partial charge in [0.05, 0.1) is 25.2 Å². The maximum absolute atomic E-state index is 13.0. The molecule has 11 heteroatoms. The number of amides is 1. The molecule has 0 aliphatic carbocycles. The van der Waals surface area contributed by atoms with Crippen LogP contribution >= 0.6 is 23.1 Å². The zero-order valence-electron chi connectivity index (χ0n) is 18.8. The van der Waals surface area contributed by atoms with Gasteiger partial charge in [0.1, 0.15) is 10.7 Å². The number of hydrogen-bond donors (Lipinski definition) is 0. The van der Waals surface area contributed by atoms with E-state index in [9.17, 15) is 4.79 Å². The molecule has 1 spiro atoms. The first-order valence-electron chi connectivity index (χ1n) is 11.4. The number of aromatic nitrogens is 4. The van der Waals surface area contributed by atoms with Gasteiger partial charge in [-0.3, -0.25) is 9.36 Å². The standard InChI is InChI=1S/C24H23N5O4S2/c30-22(28-10-8-24(9-11-28)32-13-14-33-24)18-15-34-20(25-18)16-35-23-27-26-21(19-7-4-12-31-19)29(23)17-5-2-1-3-6-17/h1-7,12,15H,8-11,13-14,16H2. The number of hydrogen-bond acceptors (Lipinski definition) is 9. The summed E-state index contributed by atoms with van der Waals surface area (Å²) in [6.45, 7) is 2.47. The Morgan fingerprint density at radius 1 is 1.06 bits per heavy atom. The topological polar surface area (TPSA) is 95.5 Å². The maximum Gasteiger partial charge on any atom is 0.273 e. The van der Waals surface area contributed by atoms with E-state index in [0.717, 1.165) is 15.9 Å². The van der Waals surface area contributed by atoms with Crippen LogP contribution in [-0.2, 0) is 15.2 Å². The number of piperidine rings is 1. The Bertz CT molecular complexity index is 1290. The smallest absolute Gasteiger partial charge is 0.273 e. The monoisotopic (exact) mass is 509 g/mol. The van der Waals surface area contributed by atoms with Crippen LogP contribution in [0.4, 0.5) is 0 Å². The molecule has 0 bridgehead atoms. The van der Waals surface area contributed by atoms with Gasteiger partial charge in [-0.1, -0.05) is 30.0 Å². The van der Waals surface area contributed by atoms with Crippen LogP contribution in [0.1, 0.15) is 28.3 Å². The lowest BCUT2D eigenvalue weighted by atomic mass is 10.0. The number of benzene rings is 1. The summed E-state index contributed by atoms with van der Waals surface area (Å²) < 4.78 is 19.1. The summed E-state index contributed by atoms with van der Waals surface area (Å²) in [5.41, 5.74) is 1.43. The van der Waals surface area contributed by atoms with Gasteiger partial charge in [0.2, 0.25) is 5.82 Å². The molecular formula is C24H23N5O4S2. The van der Waals surface area contributed by atoms with Crippen molar-refractivity contribution in [3.63, 3.8) is 0 Å². The zero-order valence-corrected chi connectivity index (χ0v) is 20.5. The van der Waals surface area contributed by atoms with Crippen molar-refractivity contribution >= 4 is 29.0 Å². The Morgan fingerprint density at radius 2 is 1.86 bits per heavy atom. The van der Waals surface area contributed by atoms with Gasteiger partial charge in [-0.25, -0.2) is 4.98 Å². The van der Waals surface area contributed by atoms with Gasteiger partial charge in [-0.15, -0.1) is 21.5 Å². The predicted octanol–water partition coefficient (Wildman–Crippen LogP) is 4.26. The van der Waals surface area contributed by atoms with Crippen LogP contribution < -0.4 is 0 Å². The second kappa shape index (κ2) is 9.57. The van der Waals surface area contributed by atoms with E-state index in [2.05, 4.69) is 15.2 Å². The molecule has 1 aromatic carbocycles. The van der Waals surface area contributed by atoms with Crippen molar-refractivity contribution in [2.24, 2.45) is 0 Å². The number of thiazole rings is 1. The summed E-state index contributed by atoms with van der Waals surface area (Å²) in [6, 6.07) is 13.6. The SMILES string of the molecule is O=C(c1csc(CSc2nnc(-c3ccco3)n2-c2ccccc2)n1)N1CCC2(CC1)OCCO2. The van der Waals surface area contributed by atoms with Crippen molar-refractivity contribution in [3.05, 3.63) is 64.8 Å². The zero-order chi connectivity index (χ0) is 23.7. The fraction of sp³-hybridized carbons (Fsp3) is 0.333. The van der Waals surface area contributed by atoms with Gasteiger partial charge < -0.3 is 18.8 Å². The summed E-state index contributed by atoms with van der Waals surface area (Å²) in [5, 5.41) is 12.2. The lowest BCUT2D eigenvalue weighted by molar-refractivity contribution is -0.181. The van der Waals surface area contributed by atoms with Crippen molar-refractivity contribution in [2.75, 3.05) is 26.3 Å². The molecular weight excluding hydrogens is 486 g/mol. The molecule has 1 amide bonds. The van der Waals surface area contributed by atoms with Gasteiger partial charge in [0.25, 0.3) is 5.91 Å². The fourth-order valence-corrected chi connectivity index (χ4v) is 6.08. The van der Waals surface area contributed by atoms with E-state index >= 15 is 0 Å². The molecule has 2 saturated heterocycles. The quantitative estimate of drug-likeness (QED) is 0.356. The van der Waals surface area contributed by atoms with Gasteiger partial charge in [0, 0.05) is 37.0 Å². The highest BCUT2D eigenvalue weighted by Crippen LogP contribution is 2.33. The number of carbonyl (C=O) groups is 1. The van der Waals surface area contributed by atoms with Crippen LogP contribution in [0.5, 0.6) is 0 Å². The van der Waals surface area contributed by atoms with Crippen LogP contribution in [0.15, 0.2) is 63.7 Å². The molecule has 3 aromatic heterocycles. The molecule has 0 atom stereocenters. The minimum Gasteiger partial charge on any atom is -0.461 e. The van der Waals surface area contributed by atoms with E-state index < -0.39 is 5.79 Å². The Hall–Kier alpha value is -2.99. The fourth-order valence-electron chi connectivity index (χ4n) is 4.34. The average Bonchev–Trinajstić information content (AvgIpc) is 3.71. The highest BCUT2D eigenvalue weighted by atomic mass is 32.2. The van der Waals surface area contributed by atoms with E-state index in [0.29, 0.717) is 62.2 Å². The second-order valence-corrected chi connectivity index (χ2v) is 10.2. The Balaban J connectivity index is 1.15. The molecule has 6 rings (SSSR count). The number of para-hydroxylation sites is 1. The number of rotatable bonds is 6. The third-order valence-electron chi connectivity index (χ3n) is 6.11. The molecule has 0 radical (unpaired) electrons. The van der Waals surface area contributed by atoms with Gasteiger partial charge >= 0.3 is 0 Å². The minimum atomic E-state index is -0.496. The number of nitrogens with zero attached hydrogens (tertiary/aromatic N) is 5. The van der Waals surface area contributed by atoms with Crippen LogP contribution in [0.3, 0.4) is 0 Å². The number of ether oxygens (including phenoxy) is 2. The number of thioether (sulfide) groups is 1. The molecule has 2 aliphatic rings. The lowest BCUT2D eigenvalue weighted by Crippen LogP contribution is -2.47. The maximum atomic E-state index is 13.0. The van der Waals surface area contributed by atoms with Crippen molar-refractivity contribution in [1.29, 1.82) is 0 Å². The number of likely N-dealkylation sites (tertiary alicyclic amines) is 1. The molecule has 0 saturated carbocycles. The van der Waals surface area contributed by atoms with Crippen LogP contribution in [-0.4, -0.2) is 62.6 Å². The summed E-state index contributed by atoms with van der Waals surface area (Å²) in [6.07, 6.45) is 3.01. The molecule has 180 valence electrons. The van der Waals surface area contributed by atoms with E-state index in [1.54, 1.807) is 6.26 Å². The van der Waals surface area contributed by atoms with E-state index in [4.69, 9.17) is 13.9 Å². The Kier molecular flexibility index (Phi) is 6.15. The first-order valence-corrected chi connectivity index (χ1v) is 13.3. The minimum absolute atomic E-state index is 0.0436. The molecule has 0 unspecified atom stereocenters. The molecule has 9 nitrogen and oxygen atoms in total. The molecule has 0 N–H and O–H groups in total. The van der Waals surface area contributed by atoms with Crippen molar-refractivity contribution in [2.45, 2.75) is 29.5 Å². The van der Waals surface area contributed by atoms with E-state index in [1.807, 2.05) is 57.3 Å². The lowest BCUT2D eigenvalue weighted by Gasteiger charge is -2.37. The second-order valence-electron chi connectivity index (χ2n) is 8.27. The van der Waals surface area contributed by atoms with Gasteiger partial charge in [-0.2, -0.15) is 0 Å². The summed E-state index contributed by atoms with van der Waals surface area (Å²) in [5.74, 6) is 1.32. The number of carbonyl (C=O) groups excluding carboxylic acids is 1. The highest BCUT2D eigenvalue weighted by molar-refractivity contribution is 7.98. The summed E-state index contributed by atoms with van der Waals surface area (Å²) in [4.78, 5) is 19.5. The Morgan fingerprint density at radius 3 is 2.60 bits per heavy atom. The van der Waals surface area contributed by atoms with Crippen molar-refractivity contribution in [3.8, 4) is 17.3 Å². The van der Waals surface area contributed by atoms with E-state index in [1.165, 1.54) is 23.1 Å². The average molecular weight is 510 g/mol. The first kappa shape index (κ1) is 22.5. The molecule has 2 fully saturated rings. The summed E-state index contributed by atoms with van der Waals surface area (Å²) in [7, 11) is 0. The van der Waals surface area contributed by atoms with Crippen molar-refractivity contribution in [1.82, 2.24) is 24.6 Å². The van der Waals surface area contributed by atoms with Crippen LogP contribution in [0.25, 0.3) is 17.3 Å². The van der Waals surface area contributed by atoms with Crippen LogP contribution in [0, 0.1) is 0 Å². The first-order chi connectivity index (χ1) is 17.2. The van der Waals surface area contributed by atoms with Gasteiger partial charge in [-0.05, 0) is 24.3 Å². The van der Waals surface area contributed by atoms with E-state index in [-0.39, 0.29) is 5.91 Å². The summed E-state index contributed by atoms with van der Waals surface area (Å²) >= 11 is 3.01. The molecule has 5 heterocycles. The third kappa shape index (κ3) is 4.52. The number of furan rings is 1. The molecule has 4 aromatic rings. The Labute approximate surface area is 210 Å². The predicted molar refractivity (Wildman–Crippen MR) is 131 cm³/mol. The molecule has 2 aliphatic heterocycles. The molecule has 35 heavy (non-hydrogen) atoms. The van der Waals surface area contributed by atoms with Gasteiger partial charge in [0.15, 0.2) is 16.7 Å². The van der Waals surface area contributed by atoms with Crippen LogP contribution in [0.2, 0.25) is 0 Å². The van der Waals surface area contributed by atoms with Crippen molar-refractivity contribution < 1.29 is 18.7 Å². The largest absolute Gasteiger partial charge is 0.461 e. The third-order valence-corrected chi connectivity index (χ3v) is 8.08. The normalized spacial score (nSPS) is 17.3.